The predicted molar refractivity (Wildman–Crippen MR) is 61.3 cm³/mol. The SMILES string of the molecule is NC(=O)C1(Cc2ccccc2C(F)(F)F)CC=NO1. The first-order valence-electron chi connectivity index (χ1n) is 5.50. The van der Waals surface area contributed by atoms with Gasteiger partial charge in [0.1, 0.15) is 0 Å². The maximum absolute atomic E-state index is 12.9. The van der Waals surface area contributed by atoms with Gasteiger partial charge in [0.15, 0.2) is 0 Å². The van der Waals surface area contributed by atoms with E-state index in [2.05, 4.69) is 5.16 Å². The second-order valence-electron chi connectivity index (χ2n) is 4.27. The second-order valence-corrected chi connectivity index (χ2v) is 4.27. The number of benzene rings is 1. The number of hydrogen-bond donors (Lipinski definition) is 1. The number of nitrogens with two attached hydrogens (primary N) is 1. The third kappa shape index (κ3) is 2.54. The Hall–Kier alpha value is -2.05. The van der Waals surface area contributed by atoms with Gasteiger partial charge in [0, 0.05) is 19.1 Å². The number of hydrogen-bond acceptors (Lipinski definition) is 3. The monoisotopic (exact) mass is 272 g/mol. The fourth-order valence-electron chi connectivity index (χ4n) is 1.96. The van der Waals surface area contributed by atoms with Crippen LogP contribution in [0.1, 0.15) is 17.5 Å². The summed E-state index contributed by atoms with van der Waals surface area (Å²) in [4.78, 5) is 16.3. The van der Waals surface area contributed by atoms with Gasteiger partial charge in [-0.15, -0.1) is 0 Å². The van der Waals surface area contributed by atoms with E-state index >= 15 is 0 Å². The van der Waals surface area contributed by atoms with Crippen LogP contribution in [0.25, 0.3) is 0 Å². The molecule has 1 aliphatic heterocycles. The van der Waals surface area contributed by atoms with Crippen molar-refractivity contribution in [2.24, 2.45) is 10.9 Å². The molecule has 1 aromatic rings. The molecular formula is C12H11F3N2O2. The van der Waals surface area contributed by atoms with Crippen LogP contribution in [0.3, 0.4) is 0 Å². The zero-order chi connectivity index (χ0) is 14.1. The molecule has 2 rings (SSSR count). The largest absolute Gasteiger partial charge is 0.416 e. The summed E-state index contributed by atoms with van der Waals surface area (Å²) in [6.45, 7) is 0. The van der Waals surface area contributed by atoms with E-state index in [-0.39, 0.29) is 18.4 Å². The number of primary amides is 1. The maximum atomic E-state index is 12.9. The summed E-state index contributed by atoms with van der Waals surface area (Å²) in [7, 11) is 0. The molecule has 0 aromatic heterocycles. The maximum Gasteiger partial charge on any atom is 0.416 e. The number of nitrogens with zero attached hydrogens (tertiary/aromatic N) is 1. The Morgan fingerprint density at radius 1 is 1.42 bits per heavy atom. The van der Waals surface area contributed by atoms with Crippen LogP contribution in [0.2, 0.25) is 0 Å². The van der Waals surface area contributed by atoms with Crippen LogP contribution in [0, 0.1) is 0 Å². The summed E-state index contributed by atoms with van der Waals surface area (Å²) in [6, 6.07) is 5.01. The van der Waals surface area contributed by atoms with E-state index < -0.39 is 23.2 Å². The molecule has 7 heteroatoms. The normalized spacial score (nSPS) is 22.3. The number of rotatable bonds is 3. The lowest BCUT2D eigenvalue weighted by Gasteiger charge is -2.24. The molecule has 0 spiro atoms. The molecule has 0 saturated heterocycles. The zero-order valence-corrected chi connectivity index (χ0v) is 9.78. The van der Waals surface area contributed by atoms with Gasteiger partial charge in [-0.05, 0) is 11.6 Å². The molecule has 0 radical (unpaired) electrons. The topological polar surface area (TPSA) is 64.7 Å². The molecule has 1 heterocycles. The average molecular weight is 272 g/mol. The Kier molecular flexibility index (Phi) is 3.21. The van der Waals surface area contributed by atoms with Crippen molar-refractivity contribution >= 4 is 12.1 Å². The van der Waals surface area contributed by atoms with Crippen molar-refractivity contribution < 1.29 is 22.8 Å². The van der Waals surface area contributed by atoms with Gasteiger partial charge < -0.3 is 10.6 Å². The van der Waals surface area contributed by atoms with E-state index in [1.54, 1.807) is 0 Å². The number of carbonyl (C=O) groups is 1. The summed E-state index contributed by atoms with van der Waals surface area (Å²) in [5.41, 5.74) is 2.85. The molecule has 1 aromatic carbocycles. The predicted octanol–water partition coefficient (Wildman–Crippen LogP) is 1.88. The van der Waals surface area contributed by atoms with Crippen molar-refractivity contribution in [1.29, 1.82) is 0 Å². The van der Waals surface area contributed by atoms with Crippen LogP contribution in [-0.2, 0) is 22.2 Å². The molecule has 1 unspecified atom stereocenters. The van der Waals surface area contributed by atoms with Crippen LogP contribution in [0.4, 0.5) is 13.2 Å². The fourth-order valence-corrected chi connectivity index (χ4v) is 1.96. The van der Waals surface area contributed by atoms with E-state index in [9.17, 15) is 18.0 Å². The van der Waals surface area contributed by atoms with Gasteiger partial charge in [0.25, 0.3) is 5.91 Å². The highest BCUT2D eigenvalue weighted by Gasteiger charge is 2.44. The molecular weight excluding hydrogens is 261 g/mol. The summed E-state index contributed by atoms with van der Waals surface area (Å²) < 4.78 is 38.6. The number of carbonyl (C=O) groups excluding carboxylic acids is 1. The van der Waals surface area contributed by atoms with Crippen LogP contribution < -0.4 is 5.73 Å². The number of oxime groups is 1. The minimum Gasteiger partial charge on any atom is -0.379 e. The lowest BCUT2D eigenvalue weighted by molar-refractivity contribution is -0.143. The quantitative estimate of drug-likeness (QED) is 0.913. The molecule has 1 atom stereocenters. The Balaban J connectivity index is 2.36. The van der Waals surface area contributed by atoms with Crippen LogP contribution in [0.5, 0.6) is 0 Å². The molecule has 1 amide bonds. The van der Waals surface area contributed by atoms with Crippen LogP contribution in [0.15, 0.2) is 29.4 Å². The van der Waals surface area contributed by atoms with E-state index in [0.717, 1.165) is 6.07 Å². The van der Waals surface area contributed by atoms with E-state index in [1.807, 2.05) is 0 Å². The van der Waals surface area contributed by atoms with E-state index in [4.69, 9.17) is 10.6 Å². The van der Waals surface area contributed by atoms with Crippen molar-refractivity contribution in [3.63, 3.8) is 0 Å². The van der Waals surface area contributed by atoms with E-state index in [0.29, 0.717) is 0 Å². The fraction of sp³-hybridized carbons (Fsp3) is 0.333. The second kappa shape index (κ2) is 4.56. The van der Waals surface area contributed by atoms with Crippen LogP contribution in [-0.4, -0.2) is 17.7 Å². The molecule has 0 aliphatic carbocycles. The summed E-state index contributed by atoms with van der Waals surface area (Å²) in [5, 5.41) is 3.44. The zero-order valence-electron chi connectivity index (χ0n) is 9.78. The van der Waals surface area contributed by atoms with Gasteiger partial charge in [-0.3, -0.25) is 4.79 Å². The van der Waals surface area contributed by atoms with Gasteiger partial charge in [0.2, 0.25) is 5.60 Å². The Bertz CT molecular complexity index is 518. The van der Waals surface area contributed by atoms with Gasteiger partial charge >= 0.3 is 6.18 Å². The molecule has 0 fully saturated rings. The molecule has 102 valence electrons. The summed E-state index contributed by atoms with van der Waals surface area (Å²) in [5.74, 6) is -0.832. The third-order valence-electron chi connectivity index (χ3n) is 2.97. The smallest absolute Gasteiger partial charge is 0.379 e. The van der Waals surface area contributed by atoms with Crippen LogP contribution >= 0.6 is 0 Å². The molecule has 4 nitrogen and oxygen atoms in total. The highest BCUT2D eigenvalue weighted by molar-refractivity contribution is 5.88. The standard InChI is InChI=1S/C12H11F3N2O2/c13-12(14,15)9-4-2-1-3-8(9)7-11(10(16)18)5-6-17-19-11/h1-4,6H,5,7H2,(H2,16,18). The van der Waals surface area contributed by atoms with Crippen molar-refractivity contribution in [2.45, 2.75) is 24.6 Å². The number of amides is 1. The van der Waals surface area contributed by atoms with Gasteiger partial charge in [-0.2, -0.15) is 13.2 Å². The average Bonchev–Trinajstić information content (AvgIpc) is 2.78. The van der Waals surface area contributed by atoms with Gasteiger partial charge in [0.05, 0.1) is 5.56 Å². The van der Waals surface area contributed by atoms with Crippen molar-refractivity contribution in [1.82, 2.24) is 0 Å². The first-order valence-corrected chi connectivity index (χ1v) is 5.50. The van der Waals surface area contributed by atoms with Crippen molar-refractivity contribution in [3.05, 3.63) is 35.4 Å². The summed E-state index contributed by atoms with van der Waals surface area (Å²) >= 11 is 0. The minimum absolute atomic E-state index is 0.0423. The van der Waals surface area contributed by atoms with Gasteiger partial charge in [-0.25, -0.2) is 0 Å². The first-order chi connectivity index (χ1) is 8.85. The van der Waals surface area contributed by atoms with Crippen molar-refractivity contribution in [2.75, 3.05) is 0 Å². The Morgan fingerprint density at radius 2 is 2.11 bits per heavy atom. The molecule has 0 saturated carbocycles. The van der Waals surface area contributed by atoms with Crippen molar-refractivity contribution in [3.8, 4) is 0 Å². The molecule has 2 N–H and O–H groups in total. The molecule has 19 heavy (non-hydrogen) atoms. The van der Waals surface area contributed by atoms with Gasteiger partial charge in [-0.1, -0.05) is 23.4 Å². The number of alkyl halides is 3. The summed E-state index contributed by atoms with van der Waals surface area (Å²) in [6.07, 6.45) is -3.37. The van der Waals surface area contributed by atoms with E-state index in [1.165, 1.54) is 24.4 Å². The first kappa shape index (κ1) is 13.4. The molecule has 0 bridgehead atoms. The Labute approximate surface area is 107 Å². The highest BCUT2D eigenvalue weighted by Crippen LogP contribution is 2.35. The minimum atomic E-state index is -4.49. The Morgan fingerprint density at radius 3 is 2.63 bits per heavy atom. The highest BCUT2D eigenvalue weighted by atomic mass is 19.4. The lowest BCUT2D eigenvalue weighted by Crippen LogP contribution is -2.45. The number of halogens is 3. The third-order valence-corrected chi connectivity index (χ3v) is 2.97. The lowest BCUT2D eigenvalue weighted by atomic mass is 9.89. The molecule has 1 aliphatic rings.